The molecule has 0 saturated carbocycles. The normalized spacial score (nSPS) is 15.3. The molecule has 0 aliphatic carbocycles. The van der Waals surface area contributed by atoms with E-state index in [9.17, 15) is 13.2 Å². The number of nitrogens with zero attached hydrogens (tertiary/aromatic N) is 4. The summed E-state index contributed by atoms with van der Waals surface area (Å²) >= 11 is 0. The van der Waals surface area contributed by atoms with E-state index < -0.39 is 9.84 Å². The first-order valence-corrected chi connectivity index (χ1v) is 13.1. The smallest absolute Gasteiger partial charge is 0.319 e. The van der Waals surface area contributed by atoms with Crippen molar-refractivity contribution in [2.75, 3.05) is 29.6 Å². The summed E-state index contributed by atoms with van der Waals surface area (Å²) in [7, 11) is -3.37. The quantitative estimate of drug-likeness (QED) is 0.376. The number of urea groups is 1. The Morgan fingerprint density at radius 3 is 2.86 bits per heavy atom. The van der Waals surface area contributed by atoms with Gasteiger partial charge in [-0.15, -0.1) is 0 Å². The molecule has 1 aliphatic heterocycles. The maximum absolute atomic E-state index is 12.5. The van der Waals surface area contributed by atoms with Crippen LogP contribution in [0.3, 0.4) is 0 Å². The van der Waals surface area contributed by atoms with Crippen LogP contribution >= 0.6 is 0 Å². The Labute approximate surface area is 202 Å². The molecular weight excluding hydrogens is 466 g/mol. The van der Waals surface area contributed by atoms with Crippen LogP contribution in [0, 0.1) is 6.92 Å². The minimum absolute atomic E-state index is 0.173. The molecule has 35 heavy (non-hydrogen) atoms. The number of sulfone groups is 1. The minimum atomic E-state index is -3.37. The Hall–Kier alpha value is -3.99. The molecule has 0 saturated heterocycles. The van der Waals surface area contributed by atoms with Crippen molar-refractivity contribution in [2.24, 2.45) is 0 Å². The molecule has 10 nitrogen and oxygen atoms in total. The Kier molecular flexibility index (Phi) is 5.85. The van der Waals surface area contributed by atoms with Gasteiger partial charge in [0, 0.05) is 36.6 Å². The molecule has 0 radical (unpaired) electrons. The summed E-state index contributed by atoms with van der Waals surface area (Å²) in [5.74, 6) is 0.991. The number of hydrogen-bond acceptors (Lipinski definition) is 7. The topological polar surface area (TPSA) is 133 Å². The fraction of sp³-hybridized carbons (Fsp3) is 0.250. The molecule has 0 bridgehead atoms. The van der Waals surface area contributed by atoms with Gasteiger partial charge in [0.25, 0.3) is 0 Å². The van der Waals surface area contributed by atoms with Gasteiger partial charge in [-0.25, -0.2) is 23.2 Å². The third-order valence-corrected chi connectivity index (χ3v) is 7.16. The van der Waals surface area contributed by atoms with E-state index in [0.717, 1.165) is 41.7 Å². The van der Waals surface area contributed by atoms with Crippen molar-refractivity contribution < 1.29 is 13.2 Å². The van der Waals surface area contributed by atoms with Gasteiger partial charge in [-0.2, -0.15) is 5.10 Å². The Morgan fingerprint density at radius 2 is 2.03 bits per heavy atom. The van der Waals surface area contributed by atoms with Crippen molar-refractivity contribution in [3.8, 4) is 0 Å². The summed E-state index contributed by atoms with van der Waals surface area (Å²) in [4.78, 5) is 23.6. The van der Waals surface area contributed by atoms with Crippen molar-refractivity contribution in [2.45, 2.75) is 24.2 Å². The van der Waals surface area contributed by atoms with E-state index in [4.69, 9.17) is 0 Å². The molecule has 5 rings (SSSR count). The number of carbonyl (C=O) groups excluding carboxylic acids is 1. The van der Waals surface area contributed by atoms with E-state index in [0.29, 0.717) is 17.9 Å². The van der Waals surface area contributed by atoms with Crippen LogP contribution in [0.5, 0.6) is 0 Å². The van der Waals surface area contributed by atoms with Gasteiger partial charge in [0.1, 0.15) is 12.1 Å². The lowest BCUT2D eigenvalue weighted by atomic mass is 9.98. The number of carbonyl (C=O) groups is 1. The number of hydrogen-bond donors (Lipinski definition) is 3. The largest absolute Gasteiger partial charge is 0.338 e. The minimum Gasteiger partial charge on any atom is -0.338 e. The maximum Gasteiger partial charge on any atom is 0.319 e. The highest BCUT2D eigenvalue weighted by molar-refractivity contribution is 7.90. The predicted molar refractivity (Wildman–Crippen MR) is 134 cm³/mol. The summed E-state index contributed by atoms with van der Waals surface area (Å²) in [5.41, 5.74) is 4.15. The second-order valence-corrected chi connectivity index (χ2v) is 10.7. The number of aromatic amines is 1. The van der Waals surface area contributed by atoms with Crippen molar-refractivity contribution in [3.63, 3.8) is 0 Å². The van der Waals surface area contributed by atoms with Crippen molar-refractivity contribution in [1.82, 2.24) is 25.5 Å². The Bertz CT molecular complexity index is 1520. The summed E-state index contributed by atoms with van der Waals surface area (Å²) in [6, 6.07) is 12.6. The van der Waals surface area contributed by atoms with E-state index in [-0.39, 0.29) is 16.8 Å². The molecule has 0 spiro atoms. The zero-order valence-corrected chi connectivity index (χ0v) is 20.1. The van der Waals surface area contributed by atoms with Gasteiger partial charge in [-0.3, -0.25) is 5.10 Å². The molecule has 3 heterocycles. The predicted octanol–water partition coefficient (Wildman–Crippen LogP) is 3.51. The number of fused-ring (bicyclic) bond motifs is 2. The summed E-state index contributed by atoms with van der Waals surface area (Å²) in [6.07, 6.45) is 5.13. The average molecular weight is 492 g/mol. The number of anilines is 3. The highest BCUT2D eigenvalue weighted by atomic mass is 32.2. The van der Waals surface area contributed by atoms with Crippen LogP contribution in [0.4, 0.5) is 22.0 Å². The van der Waals surface area contributed by atoms with Gasteiger partial charge in [-0.1, -0.05) is 18.2 Å². The Morgan fingerprint density at radius 1 is 1.20 bits per heavy atom. The molecule has 1 unspecified atom stereocenters. The molecule has 2 aromatic carbocycles. The molecule has 180 valence electrons. The average Bonchev–Trinajstić information content (AvgIpc) is 3.43. The number of nitrogens with one attached hydrogen (secondary N) is 3. The molecule has 0 fully saturated rings. The van der Waals surface area contributed by atoms with E-state index >= 15 is 0 Å². The summed E-state index contributed by atoms with van der Waals surface area (Å²) in [6.45, 7) is 2.96. The van der Waals surface area contributed by atoms with Crippen molar-refractivity contribution in [3.05, 3.63) is 66.1 Å². The SMILES string of the molecule is Cc1cc(NC(=O)NCCC2CN(c3ncnc4[nH]ncc34)c3ccccc32)cc(S(C)(=O)=O)c1. The van der Waals surface area contributed by atoms with E-state index in [1.807, 2.05) is 12.1 Å². The fourth-order valence-electron chi connectivity index (χ4n) is 4.48. The van der Waals surface area contributed by atoms with E-state index in [2.05, 4.69) is 47.8 Å². The highest BCUT2D eigenvalue weighted by Gasteiger charge is 2.31. The van der Waals surface area contributed by atoms with Crippen LogP contribution in [-0.2, 0) is 9.84 Å². The lowest BCUT2D eigenvalue weighted by Crippen LogP contribution is -2.30. The number of amides is 2. The second kappa shape index (κ2) is 8.99. The standard InChI is InChI=1S/C24H25N7O3S/c1-15-9-17(11-18(10-15)35(2,33)34)29-24(32)25-8-7-16-13-31(21-6-4-3-5-19(16)21)23-20-12-28-30-22(20)26-14-27-23/h3-6,9-12,14,16H,7-8,13H2,1-2H3,(H2,25,29,32)(H,26,27,28,30). The third-order valence-electron chi connectivity index (χ3n) is 6.07. The lowest BCUT2D eigenvalue weighted by Gasteiger charge is -2.19. The third kappa shape index (κ3) is 4.67. The first kappa shape index (κ1) is 22.8. The molecule has 1 aliphatic rings. The molecule has 3 N–H and O–H groups in total. The molecule has 2 amide bonds. The number of aromatic nitrogens is 4. The first-order valence-electron chi connectivity index (χ1n) is 11.2. The van der Waals surface area contributed by atoms with Crippen LogP contribution in [0.25, 0.3) is 11.0 Å². The van der Waals surface area contributed by atoms with Gasteiger partial charge in [0.15, 0.2) is 15.5 Å². The van der Waals surface area contributed by atoms with Crippen molar-refractivity contribution in [1.29, 1.82) is 0 Å². The number of H-pyrrole nitrogens is 1. The van der Waals surface area contributed by atoms with Crippen LogP contribution < -0.4 is 15.5 Å². The summed E-state index contributed by atoms with van der Waals surface area (Å²) < 4.78 is 23.8. The second-order valence-electron chi connectivity index (χ2n) is 8.67. The highest BCUT2D eigenvalue weighted by Crippen LogP contribution is 2.42. The van der Waals surface area contributed by atoms with Gasteiger partial charge in [-0.05, 0) is 48.7 Å². The summed E-state index contributed by atoms with van der Waals surface area (Å²) in [5, 5.41) is 13.5. The fourth-order valence-corrected chi connectivity index (χ4v) is 5.22. The monoisotopic (exact) mass is 491 g/mol. The molecular formula is C24H25N7O3S. The van der Waals surface area contributed by atoms with Crippen LogP contribution in [0.1, 0.15) is 23.5 Å². The van der Waals surface area contributed by atoms with Crippen LogP contribution in [-0.4, -0.2) is 54.0 Å². The van der Waals surface area contributed by atoms with E-state index in [1.165, 1.54) is 18.0 Å². The van der Waals surface area contributed by atoms with Gasteiger partial charge < -0.3 is 15.5 Å². The van der Waals surface area contributed by atoms with Crippen LogP contribution in [0.2, 0.25) is 0 Å². The van der Waals surface area contributed by atoms with Gasteiger partial charge in [0.05, 0.1) is 16.5 Å². The van der Waals surface area contributed by atoms with Crippen molar-refractivity contribution >= 4 is 44.1 Å². The van der Waals surface area contributed by atoms with Gasteiger partial charge in [0.2, 0.25) is 0 Å². The molecule has 2 aromatic heterocycles. The molecule has 4 aromatic rings. The molecule has 11 heteroatoms. The van der Waals surface area contributed by atoms with E-state index in [1.54, 1.807) is 25.3 Å². The number of benzene rings is 2. The first-order chi connectivity index (χ1) is 16.8. The number of rotatable bonds is 6. The maximum atomic E-state index is 12.5. The number of aryl methyl sites for hydroxylation is 1. The van der Waals surface area contributed by atoms with Gasteiger partial charge >= 0.3 is 6.03 Å². The zero-order chi connectivity index (χ0) is 24.6. The van der Waals surface area contributed by atoms with Crippen LogP contribution in [0.15, 0.2) is 59.9 Å². The zero-order valence-electron chi connectivity index (χ0n) is 19.3. The molecule has 1 atom stereocenters. The lowest BCUT2D eigenvalue weighted by molar-refractivity contribution is 0.251. The Balaban J connectivity index is 1.26. The number of para-hydroxylation sites is 1.